The minimum absolute atomic E-state index is 0.546. The third kappa shape index (κ3) is 3.40. The van der Waals surface area contributed by atoms with E-state index in [2.05, 4.69) is 27.6 Å². The number of aliphatic hydroxyl groups is 1. The molecular formula is C13H11ClINO. The van der Waals surface area contributed by atoms with Gasteiger partial charge in [0.25, 0.3) is 0 Å². The molecule has 0 aliphatic carbocycles. The second-order valence-electron chi connectivity index (χ2n) is 3.75. The van der Waals surface area contributed by atoms with Gasteiger partial charge in [0.1, 0.15) is 0 Å². The minimum Gasteiger partial charge on any atom is -0.388 e. The van der Waals surface area contributed by atoms with Crippen LogP contribution in [0.1, 0.15) is 17.2 Å². The van der Waals surface area contributed by atoms with Crippen molar-refractivity contribution in [1.29, 1.82) is 0 Å². The first-order chi connectivity index (χ1) is 8.16. The van der Waals surface area contributed by atoms with Gasteiger partial charge in [0, 0.05) is 22.4 Å². The molecule has 0 saturated carbocycles. The molecule has 1 unspecified atom stereocenters. The standard InChI is InChI=1S/C13H11ClINO/c14-11-7-10(3-4-12(11)15)13(17)6-9-2-1-5-16-8-9/h1-5,7-8,13,17H,6H2. The highest BCUT2D eigenvalue weighted by Gasteiger charge is 2.10. The molecule has 88 valence electrons. The molecule has 0 amide bonds. The fourth-order valence-corrected chi connectivity index (χ4v) is 2.10. The summed E-state index contributed by atoms with van der Waals surface area (Å²) in [5, 5.41) is 10.8. The minimum atomic E-state index is -0.548. The Bertz CT molecular complexity index is 504. The Labute approximate surface area is 119 Å². The van der Waals surface area contributed by atoms with Gasteiger partial charge in [-0.2, -0.15) is 0 Å². The van der Waals surface area contributed by atoms with Crippen LogP contribution >= 0.6 is 34.2 Å². The van der Waals surface area contributed by atoms with E-state index < -0.39 is 6.10 Å². The monoisotopic (exact) mass is 359 g/mol. The molecule has 0 spiro atoms. The number of rotatable bonds is 3. The lowest BCUT2D eigenvalue weighted by Crippen LogP contribution is -2.02. The largest absolute Gasteiger partial charge is 0.388 e. The van der Waals surface area contributed by atoms with E-state index in [9.17, 15) is 5.11 Å². The lowest BCUT2D eigenvalue weighted by molar-refractivity contribution is 0.178. The number of hydrogen-bond acceptors (Lipinski definition) is 2. The van der Waals surface area contributed by atoms with E-state index in [1.54, 1.807) is 12.4 Å². The van der Waals surface area contributed by atoms with E-state index in [-0.39, 0.29) is 0 Å². The van der Waals surface area contributed by atoms with Crippen LogP contribution in [-0.2, 0) is 6.42 Å². The topological polar surface area (TPSA) is 33.1 Å². The number of aliphatic hydroxyl groups excluding tert-OH is 1. The Balaban J connectivity index is 2.14. The van der Waals surface area contributed by atoms with Gasteiger partial charge in [0.2, 0.25) is 0 Å². The van der Waals surface area contributed by atoms with E-state index in [1.807, 2.05) is 30.3 Å². The molecule has 0 aliphatic rings. The molecule has 1 N–H and O–H groups in total. The highest BCUT2D eigenvalue weighted by Crippen LogP contribution is 2.25. The van der Waals surface area contributed by atoms with Crippen molar-refractivity contribution in [3.63, 3.8) is 0 Å². The molecule has 0 fully saturated rings. The predicted octanol–water partition coefficient (Wildman–Crippen LogP) is 3.62. The van der Waals surface area contributed by atoms with E-state index in [0.29, 0.717) is 11.4 Å². The molecule has 2 nitrogen and oxygen atoms in total. The van der Waals surface area contributed by atoms with Gasteiger partial charge in [-0.25, -0.2) is 0 Å². The summed E-state index contributed by atoms with van der Waals surface area (Å²) in [6.07, 6.45) is 3.48. The number of aromatic nitrogens is 1. The maximum Gasteiger partial charge on any atom is 0.0831 e. The van der Waals surface area contributed by atoms with Crippen LogP contribution in [0.4, 0.5) is 0 Å². The number of pyridine rings is 1. The Morgan fingerprint density at radius 1 is 1.35 bits per heavy atom. The van der Waals surface area contributed by atoms with Gasteiger partial charge >= 0.3 is 0 Å². The maximum atomic E-state index is 10.1. The van der Waals surface area contributed by atoms with Gasteiger partial charge in [-0.3, -0.25) is 4.98 Å². The van der Waals surface area contributed by atoms with Crippen LogP contribution in [0.15, 0.2) is 42.7 Å². The van der Waals surface area contributed by atoms with E-state index in [4.69, 9.17) is 11.6 Å². The van der Waals surface area contributed by atoms with Gasteiger partial charge in [0.05, 0.1) is 11.1 Å². The summed E-state index contributed by atoms with van der Waals surface area (Å²) >= 11 is 8.19. The molecule has 1 aromatic heterocycles. The van der Waals surface area contributed by atoms with Gasteiger partial charge in [0.15, 0.2) is 0 Å². The molecule has 17 heavy (non-hydrogen) atoms. The molecule has 4 heteroatoms. The first kappa shape index (κ1) is 12.8. The summed E-state index contributed by atoms with van der Waals surface area (Å²) in [7, 11) is 0. The first-order valence-electron chi connectivity index (χ1n) is 5.19. The number of halogens is 2. The molecule has 1 atom stereocenters. The lowest BCUT2D eigenvalue weighted by atomic mass is 10.0. The zero-order valence-corrected chi connectivity index (χ0v) is 11.9. The fraction of sp³-hybridized carbons (Fsp3) is 0.154. The van der Waals surface area contributed by atoms with Gasteiger partial charge < -0.3 is 5.11 Å². The number of benzene rings is 1. The van der Waals surface area contributed by atoms with Crippen molar-refractivity contribution in [3.05, 3.63) is 62.4 Å². The zero-order valence-electron chi connectivity index (χ0n) is 8.98. The summed E-state index contributed by atoms with van der Waals surface area (Å²) in [5.41, 5.74) is 1.84. The maximum absolute atomic E-state index is 10.1. The number of hydrogen-bond donors (Lipinski definition) is 1. The fourth-order valence-electron chi connectivity index (χ4n) is 1.58. The molecule has 0 bridgehead atoms. The second kappa shape index (κ2) is 5.80. The molecular weight excluding hydrogens is 349 g/mol. The van der Waals surface area contributed by atoms with Crippen molar-refractivity contribution in [1.82, 2.24) is 4.98 Å². The average Bonchev–Trinajstić information content (AvgIpc) is 2.34. The first-order valence-corrected chi connectivity index (χ1v) is 6.64. The average molecular weight is 360 g/mol. The lowest BCUT2D eigenvalue weighted by Gasteiger charge is -2.11. The summed E-state index contributed by atoms with van der Waals surface area (Å²) in [6, 6.07) is 9.43. The van der Waals surface area contributed by atoms with Crippen LogP contribution in [-0.4, -0.2) is 10.1 Å². The summed E-state index contributed by atoms with van der Waals surface area (Å²) in [5.74, 6) is 0. The highest BCUT2D eigenvalue weighted by atomic mass is 127. The highest BCUT2D eigenvalue weighted by molar-refractivity contribution is 14.1. The van der Waals surface area contributed by atoms with Crippen molar-refractivity contribution in [2.45, 2.75) is 12.5 Å². The Morgan fingerprint density at radius 2 is 2.18 bits per heavy atom. The Hall–Kier alpha value is -0.650. The van der Waals surface area contributed by atoms with Gasteiger partial charge in [-0.05, 0) is 51.9 Å². The van der Waals surface area contributed by atoms with Crippen LogP contribution in [0, 0.1) is 3.57 Å². The van der Waals surface area contributed by atoms with Crippen molar-refractivity contribution >= 4 is 34.2 Å². The van der Waals surface area contributed by atoms with E-state index in [1.165, 1.54) is 0 Å². The van der Waals surface area contributed by atoms with Crippen molar-refractivity contribution in [2.24, 2.45) is 0 Å². The van der Waals surface area contributed by atoms with Crippen LogP contribution in [0.2, 0.25) is 5.02 Å². The summed E-state index contributed by atoms with van der Waals surface area (Å²) in [4.78, 5) is 4.02. The van der Waals surface area contributed by atoms with Crippen LogP contribution in [0.25, 0.3) is 0 Å². The Morgan fingerprint density at radius 3 is 2.82 bits per heavy atom. The zero-order chi connectivity index (χ0) is 12.3. The molecule has 2 rings (SSSR count). The second-order valence-corrected chi connectivity index (χ2v) is 5.32. The van der Waals surface area contributed by atoms with Gasteiger partial charge in [-0.15, -0.1) is 0 Å². The van der Waals surface area contributed by atoms with Crippen LogP contribution in [0.3, 0.4) is 0 Å². The molecule has 0 radical (unpaired) electrons. The van der Waals surface area contributed by atoms with Crippen LogP contribution < -0.4 is 0 Å². The van der Waals surface area contributed by atoms with Crippen LogP contribution in [0.5, 0.6) is 0 Å². The third-order valence-corrected chi connectivity index (χ3v) is 4.05. The SMILES string of the molecule is OC(Cc1cccnc1)c1ccc(I)c(Cl)c1. The molecule has 2 aromatic rings. The summed E-state index contributed by atoms with van der Waals surface area (Å²) in [6.45, 7) is 0. The molecule has 0 aliphatic heterocycles. The number of nitrogens with zero attached hydrogens (tertiary/aromatic N) is 1. The van der Waals surface area contributed by atoms with Crippen molar-refractivity contribution in [2.75, 3.05) is 0 Å². The molecule has 1 heterocycles. The Kier molecular flexibility index (Phi) is 4.36. The van der Waals surface area contributed by atoms with Gasteiger partial charge in [-0.1, -0.05) is 23.7 Å². The molecule has 1 aromatic carbocycles. The smallest absolute Gasteiger partial charge is 0.0831 e. The normalized spacial score (nSPS) is 12.4. The summed E-state index contributed by atoms with van der Waals surface area (Å²) < 4.78 is 0.988. The van der Waals surface area contributed by atoms with E-state index in [0.717, 1.165) is 14.7 Å². The van der Waals surface area contributed by atoms with Crippen molar-refractivity contribution < 1.29 is 5.11 Å². The predicted molar refractivity (Wildman–Crippen MR) is 77.1 cm³/mol. The third-order valence-electron chi connectivity index (χ3n) is 2.48. The van der Waals surface area contributed by atoms with E-state index >= 15 is 0 Å². The quantitative estimate of drug-likeness (QED) is 0.849. The molecule has 0 saturated heterocycles. The van der Waals surface area contributed by atoms with Crippen molar-refractivity contribution in [3.8, 4) is 0 Å².